The van der Waals surface area contributed by atoms with Crippen LogP contribution in [0, 0.1) is 0 Å². The fourth-order valence-corrected chi connectivity index (χ4v) is 0.628. The smallest absolute Gasteiger partial charge is 0.419 e. The Morgan fingerprint density at radius 2 is 1.83 bits per heavy atom. The van der Waals surface area contributed by atoms with Gasteiger partial charge in [-0.05, 0) is 12.8 Å². The number of aliphatic carboxylic acids is 1. The van der Waals surface area contributed by atoms with Crippen molar-refractivity contribution in [1.82, 2.24) is 10.9 Å². The quantitative estimate of drug-likeness (QED) is 0.337. The number of hydrazine groups is 1. The van der Waals surface area contributed by atoms with E-state index in [1.54, 1.807) is 0 Å². The highest BCUT2D eigenvalue weighted by atomic mass is 16.4. The lowest BCUT2D eigenvalue weighted by atomic mass is 10.2. The number of nitrogens with one attached hydrogen (secondary N) is 2. The number of unbranched alkanes of at least 4 members (excludes halogenated alkanes) is 1. The maximum Gasteiger partial charge on any atom is 0.419 e. The van der Waals surface area contributed by atoms with Gasteiger partial charge in [-0.25, -0.2) is 10.2 Å². The van der Waals surface area contributed by atoms with Crippen LogP contribution in [0.1, 0.15) is 19.3 Å². The van der Waals surface area contributed by atoms with E-state index in [1.165, 1.54) is 0 Å². The van der Waals surface area contributed by atoms with Gasteiger partial charge in [0.1, 0.15) is 0 Å². The molecule has 0 aromatic heterocycles. The third-order valence-electron chi connectivity index (χ3n) is 1.14. The third-order valence-corrected chi connectivity index (χ3v) is 1.14. The summed E-state index contributed by atoms with van der Waals surface area (Å²) in [4.78, 5) is 19.9. The van der Waals surface area contributed by atoms with Crippen molar-refractivity contribution in [1.29, 1.82) is 0 Å². The van der Waals surface area contributed by atoms with Gasteiger partial charge < -0.3 is 10.2 Å². The van der Waals surface area contributed by atoms with Gasteiger partial charge in [0.15, 0.2) is 0 Å². The van der Waals surface area contributed by atoms with Crippen molar-refractivity contribution in [2.45, 2.75) is 19.3 Å². The van der Waals surface area contributed by atoms with E-state index in [0.29, 0.717) is 19.4 Å². The zero-order chi connectivity index (χ0) is 9.40. The summed E-state index contributed by atoms with van der Waals surface area (Å²) in [5, 5.41) is 16.3. The highest BCUT2D eigenvalue weighted by Gasteiger charge is 1.96. The molecule has 70 valence electrons. The van der Waals surface area contributed by atoms with E-state index in [0.717, 1.165) is 0 Å². The summed E-state index contributed by atoms with van der Waals surface area (Å²) in [5.41, 5.74) is 4.37. The lowest BCUT2D eigenvalue weighted by molar-refractivity contribution is -0.137. The molecule has 0 saturated carbocycles. The van der Waals surface area contributed by atoms with Gasteiger partial charge in [-0.15, -0.1) is 0 Å². The average molecular weight is 176 g/mol. The first-order chi connectivity index (χ1) is 5.63. The van der Waals surface area contributed by atoms with E-state index in [2.05, 4.69) is 5.43 Å². The summed E-state index contributed by atoms with van der Waals surface area (Å²) in [7, 11) is 0. The Morgan fingerprint density at radius 3 is 2.33 bits per heavy atom. The van der Waals surface area contributed by atoms with Gasteiger partial charge in [-0.2, -0.15) is 0 Å². The number of hydrogen-bond acceptors (Lipinski definition) is 3. The van der Waals surface area contributed by atoms with E-state index >= 15 is 0 Å². The Hall–Kier alpha value is -1.30. The molecule has 0 aromatic carbocycles. The van der Waals surface area contributed by atoms with E-state index < -0.39 is 12.1 Å². The Morgan fingerprint density at radius 1 is 1.17 bits per heavy atom. The van der Waals surface area contributed by atoms with Crippen LogP contribution in [-0.4, -0.2) is 28.8 Å². The number of carboxylic acid groups (broad SMARTS) is 2. The standard InChI is InChI=1S/C6H12N2O4/c9-5(10)3-1-2-4-7-8-6(11)12/h7-8H,1-4H2,(H,9,10)(H,11,12). The van der Waals surface area contributed by atoms with Crippen LogP contribution >= 0.6 is 0 Å². The summed E-state index contributed by atoms with van der Waals surface area (Å²) in [6, 6.07) is 0. The number of hydrogen-bond donors (Lipinski definition) is 4. The molecule has 0 radical (unpaired) electrons. The maximum absolute atomic E-state index is 10.0. The first kappa shape index (κ1) is 10.7. The van der Waals surface area contributed by atoms with Gasteiger partial charge >= 0.3 is 12.1 Å². The van der Waals surface area contributed by atoms with Gasteiger partial charge in [0.05, 0.1) is 0 Å². The summed E-state index contributed by atoms with van der Waals surface area (Å²) in [6.45, 7) is 0.444. The monoisotopic (exact) mass is 176 g/mol. The fraction of sp³-hybridized carbons (Fsp3) is 0.667. The van der Waals surface area contributed by atoms with Crippen LogP contribution in [0.5, 0.6) is 0 Å². The normalized spacial score (nSPS) is 9.33. The predicted molar refractivity (Wildman–Crippen MR) is 40.6 cm³/mol. The Balaban J connectivity index is 3.01. The first-order valence-corrected chi connectivity index (χ1v) is 3.56. The highest BCUT2D eigenvalue weighted by Crippen LogP contribution is 1.92. The lowest BCUT2D eigenvalue weighted by Gasteiger charge is -2.01. The van der Waals surface area contributed by atoms with Crippen molar-refractivity contribution in [3.63, 3.8) is 0 Å². The molecule has 0 spiro atoms. The minimum absolute atomic E-state index is 0.120. The zero-order valence-electron chi connectivity index (χ0n) is 6.54. The van der Waals surface area contributed by atoms with Crippen molar-refractivity contribution in [2.24, 2.45) is 0 Å². The molecule has 1 amide bonds. The molecule has 0 heterocycles. The molecular formula is C6H12N2O4. The van der Waals surface area contributed by atoms with Crippen LogP contribution in [-0.2, 0) is 4.79 Å². The Kier molecular flexibility index (Phi) is 5.72. The molecule has 6 nitrogen and oxygen atoms in total. The first-order valence-electron chi connectivity index (χ1n) is 3.56. The number of carboxylic acids is 1. The van der Waals surface area contributed by atoms with Crippen LogP contribution in [0.3, 0.4) is 0 Å². The lowest BCUT2D eigenvalue weighted by Crippen LogP contribution is -2.36. The predicted octanol–water partition coefficient (Wildman–Crippen LogP) is 0.0135. The van der Waals surface area contributed by atoms with Gasteiger partial charge in [-0.3, -0.25) is 10.2 Å². The van der Waals surface area contributed by atoms with Crippen LogP contribution < -0.4 is 10.9 Å². The molecule has 0 aromatic rings. The number of amides is 1. The summed E-state index contributed by atoms with van der Waals surface area (Å²) in [5.74, 6) is -0.832. The summed E-state index contributed by atoms with van der Waals surface area (Å²) >= 11 is 0. The van der Waals surface area contributed by atoms with Gasteiger partial charge in [0, 0.05) is 13.0 Å². The van der Waals surface area contributed by atoms with E-state index in [4.69, 9.17) is 10.2 Å². The molecule has 0 aliphatic rings. The molecular weight excluding hydrogens is 164 g/mol. The van der Waals surface area contributed by atoms with Crippen molar-refractivity contribution in [2.75, 3.05) is 6.54 Å². The second kappa shape index (κ2) is 6.41. The largest absolute Gasteiger partial charge is 0.481 e. The van der Waals surface area contributed by atoms with Gasteiger partial charge in [0.25, 0.3) is 0 Å². The van der Waals surface area contributed by atoms with Crippen molar-refractivity contribution in [3.8, 4) is 0 Å². The van der Waals surface area contributed by atoms with Crippen LogP contribution in [0.4, 0.5) is 4.79 Å². The number of carbonyl (C=O) groups is 2. The second-order valence-corrected chi connectivity index (χ2v) is 2.21. The zero-order valence-corrected chi connectivity index (χ0v) is 6.54. The fourth-order valence-electron chi connectivity index (χ4n) is 0.628. The topological polar surface area (TPSA) is 98.7 Å². The molecule has 0 unspecified atom stereocenters. The molecule has 0 rings (SSSR count). The SMILES string of the molecule is O=C(O)CCCCNNC(=O)O. The van der Waals surface area contributed by atoms with E-state index in [1.807, 2.05) is 5.43 Å². The Bertz CT molecular complexity index is 142. The average Bonchev–Trinajstić information content (AvgIpc) is 1.95. The molecule has 4 N–H and O–H groups in total. The van der Waals surface area contributed by atoms with E-state index in [9.17, 15) is 9.59 Å². The van der Waals surface area contributed by atoms with Crippen LogP contribution in [0.15, 0.2) is 0 Å². The summed E-state index contributed by atoms with van der Waals surface area (Å²) in [6.07, 6.45) is 0.151. The molecule has 12 heavy (non-hydrogen) atoms. The van der Waals surface area contributed by atoms with Gasteiger partial charge in [0.2, 0.25) is 0 Å². The van der Waals surface area contributed by atoms with Crippen LogP contribution in [0.25, 0.3) is 0 Å². The molecule has 0 fully saturated rings. The maximum atomic E-state index is 10.0. The molecule has 0 saturated heterocycles. The molecule has 0 bridgehead atoms. The minimum atomic E-state index is -1.15. The molecule has 0 aliphatic carbocycles. The summed E-state index contributed by atoms with van der Waals surface area (Å²) < 4.78 is 0. The van der Waals surface area contributed by atoms with Crippen molar-refractivity contribution < 1.29 is 19.8 Å². The molecule has 6 heteroatoms. The van der Waals surface area contributed by atoms with Crippen molar-refractivity contribution in [3.05, 3.63) is 0 Å². The number of rotatable bonds is 6. The van der Waals surface area contributed by atoms with E-state index in [-0.39, 0.29) is 6.42 Å². The molecule has 0 atom stereocenters. The van der Waals surface area contributed by atoms with Gasteiger partial charge in [-0.1, -0.05) is 0 Å². The van der Waals surface area contributed by atoms with Crippen molar-refractivity contribution >= 4 is 12.1 Å². The minimum Gasteiger partial charge on any atom is -0.481 e. The highest BCUT2D eigenvalue weighted by molar-refractivity contribution is 5.66. The molecule has 0 aliphatic heterocycles. The third kappa shape index (κ3) is 8.70. The second-order valence-electron chi connectivity index (χ2n) is 2.21. The Labute approximate surface area is 69.5 Å². The van der Waals surface area contributed by atoms with Crippen LogP contribution in [0.2, 0.25) is 0 Å².